The zero-order valence-corrected chi connectivity index (χ0v) is 19.3. The molecule has 0 aliphatic heterocycles. The molecule has 3 rings (SSSR count). The predicted molar refractivity (Wildman–Crippen MR) is 124 cm³/mol. The van der Waals surface area contributed by atoms with Crippen molar-refractivity contribution in [2.24, 2.45) is 0 Å². The Bertz CT molecular complexity index is 1150. The summed E-state index contributed by atoms with van der Waals surface area (Å²) in [6.45, 7) is 3.67. The number of benzene rings is 2. The molecule has 0 radical (unpaired) electrons. The fourth-order valence-corrected chi connectivity index (χ4v) is 4.65. The number of sulfonamides is 1. The van der Waals surface area contributed by atoms with Gasteiger partial charge in [0.1, 0.15) is 0 Å². The Kier molecular flexibility index (Phi) is 7.53. The summed E-state index contributed by atoms with van der Waals surface area (Å²) in [4.78, 5) is 21.6. The summed E-state index contributed by atoms with van der Waals surface area (Å²) < 4.78 is 27.4. The predicted octanol–water partition coefficient (Wildman–Crippen LogP) is 4.75. The number of halogens is 1. The monoisotopic (exact) mass is 476 g/mol. The molecule has 0 saturated carbocycles. The lowest BCUT2D eigenvalue weighted by Crippen LogP contribution is -2.24. The molecule has 2 aromatic carbocycles. The molecule has 0 saturated heterocycles. The SMILES string of the molecule is CCC(Sc1ccc(Cl)cc1)C(=O)Nc1ccc(S(=O)(=O)Nc2nccc(C)n2)cc1. The van der Waals surface area contributed by atoms with Crippen molar-refractivity contribution < 1.29 is 13.2 Å². The van der Waals surface area contributed by atoms with Crippen LogP contribution in [0.15, 0.2) is 70.6 Å². The lowest BCUT2D eigenvalue weighted by Gasteiger charge is -2.15. The van der Waals surface area contributed by atoms with Crippen molar-refractivity contribution in [2.75, 3.05) is 10.0 Å². The van der Waals surface area contributed by atoms with Gasteiger partial charge in [-0.1, -0.05) is 18.5 Å². The highest BCUT2D eigenvalue weighted by Gasteiger charge is 2.19. The van der Waals surface area contributed by atoms with Gasteiger partial charge in [0, 0.05) is 27.5 Å². The largest absolute Gasteiger partial charge is 0.325 e. The summed E-state index contributed by atoms with van der Waals surface area (Å²) in [5.74, 6) is -0.160. The minimum atomic E-state index is -3.84. The topological polar surface area (TPSA) is 101 Å². The molecule has 0 aliphatic carbocycles. The Hall–Kier alpha value is -2.62. The first kappa shape index (κ1) is 23.1. The highest BCUT2D eigenvalue weighted by molar-refractivity contribution is 8.00. The number of rotatable bonds is 8. The molecule has 1 atom stereocenters. The number of carbonyl (C=O) groups excluding carboxylic acids is 1. The Balaban J connectivity index is 1.66. The van der Waals surface area contributed by atoms with Crippen LogP contribution >= 0.6 is 23.4 Å². The average molecular weight is 477 g/mol. The first-order chi connectivity index (χ1) is 14.8. The molecule has 31 heavy (non-hydrogen) atoms. The van der Waals surface area contributed by atoms with Crippen LogP contribution in [0.1, 0.15) is 19.0 Å². The lowest BCUT2D eigenvalue weighted by atomic mass is 10.3. The van der Waals surface area contributed by atoms with Crippen molar-refractivity contribution in [1.29, 1.82) is 0 Å². The van der Waals surface area contributed by atoms with Crippen LogP contribution in [-0.2, 0) is 14.8 Å². The quantitative estimate of drug-likeness (QED) is 0.455. The number of hydrogen-bond acceptors (Lipinski definition) is 6. The van der Waals surface area contributed by atoms with Gasteiger partial charge in [-0.3, -0.25) is 4.79 Å². The third-order valence-electron chi connectivity index (χ3n) is 4.21. The molecule has 0 aliphatic rings. The van der Waals surface area contributed by atoms with Crippen LogP contribution in [0.5, 0.6) is 0 Å². The molecule has 7 nitrogen and oxygen atoms in total. The van der Waals surface area contributed by atoms with E-state index in [1.807, 2.05) is 19.1 Å². The molecule has 1 unspecified atom stereocenters. The van der Waals surface area contributed by atoms with Gasteiger partial charge < -0.3 is 5.32 Å². The molecule has 2 N–H and O–H groups in total. The van der Waals surface area contributed by atoms with E-state index in [9.17, 15) is 13.2 Å². The second-order valence-corrected chi connectivity index (χ2v) is 10.0. The number of aromatic nitrogens is 2. The van der Waals surface area contributed by atoms with E-state index in [1.165, 1.54) is 30.1 Å². The second-order valence-electron chi connectivity index (χ2n) is 6.61. The number of amides is 1. The molecule has 1 heterocycles. The maximum atomic E-state index is 12.7. The molecule has 0 bridgehead atoms. The van der Waals surface area contributed by atoms with Crippen LogP contribution < -0.4 is 10.0 Å². The summed E-state index contributed by atoms with van der Waals surface area (Å²) in [6, 6.07) is 14.9. The zero-order chi connectivity index (χ0) is 22.4. The summed E-state index contributed by atoms with van der Waals surface area (Å²) in [6.07, 6.45) is 2.11. The second kappa shape index (κ2) is 10.1. The normalized spacial score (nSPS) is 12.2. The molecule has 1 aromatic heterocycles. The molecule has 162 valence electrons. The van der Waals surface area contributed by atoms with Crippen LogP contribution in [0.4, 0.5) is 11.6 Å². The summed E-state index contributed by atoms with van der Waals surface area (Å²) in [5.41, 5.74) is 1.15. The van der Waals surface area contributed by atoms with Gasteiger partial charge in [0.05, 0.1) is 10.1 Å². The number of nitrogens with zero attached hydrogens (tertiary/aromatic N) is 2. The highest BCUT2D eigenvalue weighted by Crippen LogP contribution is 2.28. The van der Waals surface area contributed by atoms with E-state index in [0.717, 1.165) is 4.90 Å². The number of anilines is 2. The number of carbonyl (C=O) groups is 1. The average Bonchev–Trinajstić information content (AvgIpc) is 2.73. The van der Waals surface area contributed by atoms with E-state index < -0.39 is 10.0 Å². The van der Waals surface area contributed by atoms with Crippen LogP contribution in [0.25, 0.3) is 0 Å². The minimum absolute atomic E-state index is 0.00221. The molecule has 0 spiro atoms. The Labute approximate surface area is 190 Å². The maximum Gasteiger partial charge on any atom is 0.264 e. The molecular weight excluding hydrogens is 456 g/mol. The van der Waals surface area contributed by atoms with Crippen molar-refractivity contribution in [3.05, 3.63) is 71.5 Å². The Morgan fingerprint density at radius 1 is 1.10 bits per heavy atom. The Morgan fingerprint density at radius 2 is 1.77 bits per heavy atom. The maximum absolute atomic E-state index is 12.7. The summed E-state index contributed by atoms with van der Waals surface area (Å²) in [7, 11) is -3.84. The number of thioether (sulfide) groups is 1. The van der Waals surface area contributed by atoms with Gasteiger partial charge in [-0.15, -0.1) is 11.8 Å². The number of nitrogens with one attached hydrogen (secondary N) is 2. The van der Waals surface area contributed by atoms with Crippen LogP contribution in [0.2, 0.25) is 5.02 Å². The first-order valence-electron chi connectivity index (χ1n) is 9.42. The Morgan fingerprint density at radius 3 is 2.39 bits per heavy atom. The molecule has 0 fully saturated rings. The van der Waals surface area contributed by atoms with Gasteiger partial charge in [0.2, 0.25) is 11.9 Å². The highest BCUT2D eigenvalue weighted by atomic mass is 35.5. The summed E-state index contributed by atoms with van der Waals surface area (Å²) in [5, 5.41) is 3.17. The van der Waals surface area contributed by atoms with Crippen molar-refractivity contribution in [3.63, 3.8) is 0 Å². The van der Waals surface area contributed by atoms with Gasteiger partial charge in [0.25, 0.3) is 10.0 Å². The molecule has 3 aromatic rings. The fourth-order valence-electron chi connectivity index (χ4n) is 2.62. The zero-order valence-electron chi connectivity index (χ0n) is 16.9. The van der Waals surface area contributed by atoms with Gasteiger partial charge in [-0.25, -0.2) is 23.1 Å². The van der Waals surface area contributed by atoms with E-state index in [0.29, 0.717) is 22.8 Å². The number of hydrogen-bond donors (Lipinski definition) is 2. The van der Waals surface area contributed by atoms with Gasteiger partial charge in [0.15, 0.2) is 0 Å². The third kappa shape index (κ3) is 6.43. The van der Waals surface area contributed by atoms with Gasteiger partial charge in [-0.05, 0) is 67.9 Å². The lowest BCUT2D eigenvalue weighted by molar-refractivity contribution is -0.115. The van der Waals surface area contributed by atoms with Crippen LogP contribution in [0.3, 0.4) is 0 Å². The van der Waals surface area contributed by atoms with Gasteiger partial charge >= 0.3 is 0 Å². The molecule has 1 amide bonds. The van der Waals surface area contributed by atoms with Crippen LogP contribution in [0, 0.1) is 6.92 Å². The molecule has 10 heteroatoms. The standard InChI is InChI=1S/C21H21ClN4O3S2/c1-3-19(30-17-8-4-15(22)5-9-17)20(27)25-16-6-10-18(11-7-16)31(28,29)26-21-23-13-12-14(2)24-21/h4-13,19H,3H2,1-2H3,(H,25,27)(H,23,24,26). The van der Waals surface area contributed by atoms with Crippen molar-refractivity contribution in [1.82, 2.24) is 9.97 Å². The van der Waals surface area contributed by atoms with E-state index >= 15 is 0 Å². The van der Waals surface area contributed by atoms with Crippen molar-refractivity contribution >= 4 is 50.9 Å². The smallest absolute Gasteiger partial charge is 0.264 e. The van der Waals surface area contributed by atoms with Crippen molar-refractivity contribution in [2.45, 2.75) is 35.3 Å². The van der Waals surface area contributed by atoms with E-state index in [4.69, 9.17) is 11.6 Å². The minimum Gasteiger partial charge on any atom is -0.325 e. The molecular formula is C21H21ClN4O3S2. The third-order valence-corrected chi connectivity index (χ3v) is 7.18. The van der Waals surface area contributed by atoms with E-state index in [2.05, 4.69) is 20.0 Å². The van der Waals surface area contributed by atoms with E-state index in [-0.39, 0.29) is 22.0 Å². The van der Waals surface area contributed by atoms with Gasteiger partial charge in [-0.2, -0.15) is 0 Å². The van der Waals surface area contributed by atoms with Crippen LogP contribution in [-0.4, -0.2) is 29.5 Å². The fraction of sp³-hybridized carbons (Fsp3) is 0.190. The first-order valence-corrected chi connectivity index (χ1v) is 12.2. The summed E-state index contributed by atoms with van der Waals surface area (Å²) >= 11 is 7.35. The van der Waals surface area contributed by atoms with E-state index in [1.54, 1.807) is 37.3 Å². The van der Waals surface area contributed by atoms with Crippen molar-refractivity contribution in [3.8, 4) is 0 Å². The number of aryl methyl sites for hydroxylation is 1.